The molecule has 0 saturated heterocycles. The fourth-order valence-electron chi connectivity index (χ4n) is 3.24. The molecule has 0 aliphatic carbocycles. The summed E-state index contributed by atoms with van der Waals surface area (Å²) < 4.78 is 5.73. The highest BCUT2D eigenvalue weighted by atomic mass is 16.5. The van der Waals surface area contributed by atoms with Gasteiger partial charge in [0.2, 0.25) is 11.8 Å². The Balaban J connectivity index is 1.30. The van der Waals surface area contributed by atoms with Crippen LogP contribution in [0.15, 0.2) is 78.9 Å². The maximum absolute atomic E-state index is 12.4. The van der Waals surface area contributed by atoms with Gasteiger partial charge in [-0.25, -0.2) is 0 Å². The second-order valence-electron chi connectivity index (χ2n) is 7.09. The summed E-state index contributed by atoms with van der Waals surface area (Å²) >= 11 is 0. The van der Waals surface area contributed by atoms with Crippen LogP contribution >= 0.6 is 0 Å². The van der Waals surface area contributed by atoms with Gasteiger partial charge < -0.3 is 20.7 Å². The van der Waals surface area contributed by atoms with E-state index in [4.69, 9.17) is 4.74 Å². The molecule has 0 radical (unpaired) electrons. The normalized spacial score (nSPS) is 15.2. The van der Waals surface area contributed by atoms with Gasteiger partial charge in [0.15, 0.2) is 0 Å². The Morgan fingerprint density at radius 1 is 0.871 bits per heavy atom. The lowest BCUT2D eigenvalue weighted by molar-refractivity contribution is -0.118. The van der Waals surface area contributed by atoms with Crippen molar-refractivity contribution in [3.63, 3.8) is 0 Å². The van der Waals surface area contributed by atoms with Crippen molar-refractivity contribution in [2.75, 3.05) is 10.6 Å². The maximum Gasteiger partial charge on any atom is 0.254 e. The molecule has 7 heteroatoms. The molecule has 3 aromatic rings. The highest BCUT2D eigenvalue weighted by molar-refractivity contribution is 6.10. The molecule has 4 rings (SSSR count). The van der Waals surface area contributed by atoms with Gasteiger partial charge in [-0.2, -0.15) is 0 Å². The molecule has 3 N–H and O–H groups in total. The Kier molecular flexibility index (Phi) is 5.93. The van der Waals surface area contributed by atoms with Gasteiger partial charge in [-0.15, -0.1) is 0 Å². The average Bonchev–Trinajstić information content (AvgIpc) is 2.90. The van der Waals surface area contributed by atoms with Crippen molar-refractivity contribution < 1.29 is 19.1 Å². The number of anilines is 2. The quantitative estimate of drug-likeness (QED) is 0.568. The average molecular weight is 415 g/mol. The molecule has 1 aliphatic heterocycles. The third-order valence-corrected chi connectivity index (χ3v) is 4.83. The van der Waals surface area contributed by atoms with Crippen molar-refractivity contribution in [3.8, 4) is 11.5 Å². The van der Waals surface area contributed by atoms with Crippen molar-refractivity contribution >= 4 is 29.1 Å². The summed E-state index contributed by atoms with van der Waals surface area (Å²) in [6, 6.07) is 22.4. The predicted molar refractivity (Wildman–Crippen MR) is 117 cm³/mol. The third kappa shape index (κ3) is 5.08. The van der Waals surface area contributed by atoms with Gasteiger partial charge in [-0.05, 0) is 55.0 Å². The number of nitrogens with one attached hydrogen (secondary N) is 3. The zero-order valence-corrected chi connectivity index (χ0v) is 16.6. The van der Waals surface area contributed by atoms with Gasteiger partial charge in [-0.1, -0.05) is 30.3 Å². The number of benzene rings is 3. The van der Waals surface area contributed by atoms with E-state index in [1.165, 1.54) is 0 Å². The number of ether oxygens (including phenoxy) is 1. The number of amides is 3. The second kappa shape index (κ2) is 9.13. The molecule has 0 spiro atoms. The van der Waals surface area contributed by atoms with Gasteiger partial charge in [0, 0.05) is 12.1 Å². The van der Waals surface area contributed by atoms with Crippen LogP contribution in [0.25, 0.3) is 0 Å². The van der Waals surface area contributed by atoms with Crippen molar-refractivity contribution in [3.05, 3.63) is 84.4 Å². The first-order chi connectivity index (χ1) is 15.1. The molecule has 31 heavy (non-hydrogen) atoms. The van der Waals surface area contributed by atoms with Crippen molar-refractivity contribution in [2.24, 2.45) is 0 Å². The van der Waals surface area contributed by atoms with Crippen molar-refractivity contribution in [1.29, 1.82) is 0 Å². The molecule has 0 saturated carbocycles. The second-order valence-corrected chi connectivity index (χ2v) is 7.09. The van der Waals surface area contributed by atoms with E-state index in [1.54, 1.807) is 48.5 Å². The Labute approximate surface area is 179 Å². The standard InChI is InChI=1S/C24H21N3O4/c28-22(25-16-10-12-18(13-11-16)31-17-6-2-1-3-7-17)15-14-21-24(30)26-20-9-5-4-8-19(20)23(29)27-21/h1-13,21H,14-15H2,(H,25,28)(H,26,30)(H,27,29)/t21-/m0/s1. The summed E-state index contributed by atoms with van der Waals surface area (Å²) in [5.74, 6) is 0.453. The SMILES string of the molecule is O=C(CC[C@@H]1NC(=O)c2ccccc2NC1=O)Nc1ccc(Oc2ccccc2)cc1. The predicted octanol–water partition coefficient (Wildman–Crippen LogP) is 3.95. The van der Waals surface area contributed by atoms with E-state index in [0.717, 1.165) is 5.75 Å². The van der Waals surface area contributed by atoms with Crippen LogP contribution in [0.5, 0.6) is 11.5 Å². The van der Waals surface area contributed by atoms with Crippen LogP contribution in [0, 0.1) is 0 Å². The molecular weight excluding hydrogens is 394 g/mol. The summed E-state index contributed by atoms with van der Waals surface area (Å²) in [4.78, 5) is 37.1. The summed E-state index contributed by atoms with van der Waals surface area (Å²) in [5, 5.41) is 8.21. The Hall–Kier alpha value is -4.13. The minimum Gasteiger partial charge on any atom is -0.457 e. The lowest BCUT2D eigenvalue weighted by Gasteiger charge is -2.14. The summed E-state index contributed by atoms with van der Waals surface area (Å²) in [5.41, 5.74) is 1.49. The number of carbonyl (C=O) groups excluding carboxylic acids is 3. The fourth-order valence-corrected chi connectivity index (χ4v) is 3.24. The molecule has 1 atom stereocenters. The smallest absolute Gasteiger partial charge is 0.254 e. The monoisotopic (exact) mass is 415 g/mol. The number of hydrogen-bond acceptors (Lipinski definition) is 4. The van der Waals surface area contributed by atoms with Crippen LogP contribution < -0.4 is 20.7 Å². The lowest BCUT2D eigenvalue weighted by Crippen LogP contribution is -2.41. The van der Waals surface area contributed by atoms with Crippen molar-refractivity contribution in [1.82, 2.24) is 5.32 Å². The number of fused-ring (bicyclic) bond motifs is 1. The van der Waals surface area contributed by atoms with Crippen LogP contribution in [-0.4, -0.2) is 23.8 Å². The van der Waals surface area contributed by atoms with E-state index >= 15 is 0 Å². The van der Waals surface area contributed by atoms with Crippen LogP contribution in [0.3, 0.4) is 0 Å². The van der Waals surface area contributed by atoms with Crippen LogP contribution in [0.2, 0.25) is 0 Å². The molecule has 0 unspecified atom stereocenters. The molecule has 156 valence electrons. The molecule has 3 amide bonds. The minimum absolute atomic E-state index is 0.0803. The summed E-state index contributed by atoms with van der Waals surface area (Å²) in [6.07, 6.45) is 0.267. The van der Waals surface area contributed by atoms with E-state index in [9.17, 15) is 14.4 Å². The topological polar surface area (TPSA) is 96.5 Å². The molecule has 0 fully saturated rings. The van der Waals surface area contributed by atoms with Gasteiger partial charge in [0.25, 0.3) is 5.91 Å². The largest absolute Gasteiger partial charge is 0.457 e. The van der Waals surface area contributed by atoms with E-state index in [1.807, 2.05) is 30.3 Å². The number of para-hydroxylation sites is 2. The van der Waals surface area contributed by atoms with E-state index < -0.39 is 6.04 Å². The number of rotatable bonds is 6. The summed E-state index contributed by atoms with van der Waals surface area (Å²) in [6.45, 7) is 0. The zero-order chi connectivity index (χ0) is 21.6. The van der Waals surface area contributed by atoms with Crippen LogP contribution in [-0.2, 0) is 9.59 Å². The minimum atomic E-state index is -0.785. The van der Waals surface area contributed by atoms with Gasteiger partial charge in [-0.3, -0.25) is 14.4 Å². The van der Waals surface area contributed by atoms with Crippen LogP contribution in [0.1, 0.15) is 23.2 Å². The van der Waals surface area contributed by atoms with Gasteiger partial charge in [0.05, 0.1) is 11.3 Å². The van der Waals surface area contributed by atoms with Gasteiger partial charge in [0.1, 0.15) is 17.5 Å². The highest BCUT2D eigenvalue weighted by Crippen LogP contribution is 2.23. The fraction of sp³-hybridized carbons (Fsp3) is 0.125. The molecule has 0 aromatic heterocycles. The van der Waals surface area contributed by atoms with E-state index in [-0.39, 0.29) is 30.6 Å². The number of carbonyl (C=O) groups is 3. The Morgan fingerprint density at radius 3 is 2.32 bits per heavy atom. The molecule has 3 aromatic carbocycles. The molecule has 7 nitrogen and oxygen atoms in total. The molecule has 0 bridgehead atoms. The van der Waals surface area contributed by atoms with E-state index in [2.05, 4.69) is 16.0 Å². The zero-order valence-electron chi connectivity index (χ0n) is 16.6. The molecule has 1 heterocycles. The molecule has 1 aliphatic rings. The first-order valence-corrected chi connectivity index (χ1v) is 9.92. The van der Waals surface area contributed by atoms with Crippen molar-refractivity contribution in [2.45, 2.75) is 18.9 Å². The van der Waals surface area contributed by atoms with Gasteiger partial charge >= 0.3 is 0 Å². The Bertz CT molecular complexity index is 1100. The maximum atomic E-state index is 12.4. The first-order valence-electron chi connectivity index (χ1n) is 9.92. The first kappa shape index (κ1) is 20.2. The highest BCUT2D eigenvalue weighted by Gasteiger charge is 2.27. The number of hydrogen-bond donors (Lipinski definition) is 3. The molecular formula is C24H21N3O4. The Morgan fingerprint density at radius 2 is 1.55 bits per heavy atom. The van der Waals surface area contributed by atoms with E-state index in [0.29, 0.717) is 22.7 Å². The lowest BCUT2D eigenvalue weighted by atomic mass is 10.1. The third-order valence-electron chi connectivity index (χ3n) is 4.83. The van der Waals surface area contributed by atoms with Crippen LogP contribution in [0.4, 0.5) is 11.4 Å². The summed E-state index contributed by atoms with van der Waals surface area (Å²) in [7, 11) is 0.